The Morgan fingerprint density at radius 3 is 2.42 bits per heavy atom. The quantitative estimate of drug-likeness (QED) is 0.582. The third-order valence-corrected chi connectivity index (χ3v) is 3.20. The van der Waals surface area contributed by atoms with Crippen LogP contribution in [0.25, 0.3) is 0 Å². The molecule has 0 N–H and O–H groups in total. The molecule has 1 rings (SSSR count). The molecule has 0 heterocycles. The monoisotopic (exact) mass is 264 g/mol. The lowest BCUT2D eigenvalue weighted by molar-refractivity contribution is 0.0610. The second kappa shape index (κ2) is 9.11. The van der Waals surface area contributed by atoms with Crippen molar-refractivity contribution < 1.29 is 9.47 Å². The molecule has 0 bridgehead atoms. The molecule has 19 heavy (non-hydrogen) atoms. The predicted molar refractivity (Wildman–Crippen MR) is 80.2 cm³/mol. The van der Waals surface area contributed by atoms with Gasteiger partial charge in [-0.1, -0.05) is 50.6 Å². The first-order valence-corrected chi connectivity index (χ1v) is 7.33. The van der Waals surface area contributed by atoms with Gasteiger partial charge in [0, 0.05) is 13.2 Å². The van der Waals surface area contributed by atoms with Gasteiger partial charge in [0.05, 0.1) is 13.2 Å². The van der Waals surface area contributed by atoms with E-state index in [2.05, 4.69) is 38.1 Å². The van der Waals surface area contributed by atoms with E-state index in [1.165, 1.54) is 18.4 Å². The largest absolute Gasteiger partial charge is 0.381 e. The fourth-order valence-electron chi connectivity index (χ4n) is 2.02. The molecular weight excluding hydrogens is 236 g/mol. The second-order valence-electron chi connectivity index (χ2n) is 5.80. The van der Waals surface area contributed by atoms with Crippen molar-refractivity contribution >= 4 is 0 Å². The van der Waals surface area contributed by atoms with E-state index in [-0.39, 0.29) is 5.41 Å². The summed E-state index contributed by atoms with van der Waals surface area (Å²) in [7, 11) is 0. The van der Waals surface area contributed by atoms with Gasteiger partial charge in [-0.2, -0.15) is 0 Å². The van der Waals surface area contributed by atoms with Crippen LogP contribution >= 0.6 is 0 Å². The van der Waals surface area contributed by atoms with Crippen molar-refractivity contribution in [2.75, 3.05) is 19.8 Å². The molecule has 0 aliphatic rings. The van der Waals surface area contributed by atoms with Crippen LogP contribution in [0.1, 0.15) is 45.6 Å². The molecule has 0 aliphatic carbocycles. The highest BCUT2D eigenvalue weighted by Gasteiger charge is 2.16. The predicted octanol–water partition coefficient (Wildman–Crippen LogP) is 4.44. The van der Waals surface area contributed by atoms with Crippen LogP contribution < -0.4 is 0 Å². The summed E-state index contributed by atoms with van der Waals surface area (Å²) in [5, 5.41) is 0. The highest BCUT2D eigenvalue weighted by Crippen LogP contribution is 2.23. The van der Waals surface area contributed by atoms with E-state index in [1.54, 1.807) is 0 Å². The molecule has 2 nitrogen and oxygen atoms in total. The molecule has 2 heteroatoms. The molecule has 1 aromatic carbocycles. The number of rotatable bonds is 10. The van der Waals surface area contributed by atoms with Crippen LogP contribution in [0, 0.1) is 5.41 Å². The van der Waals surface area contributed by atoms with Crippen LogP contribution in [-0.2, 0) is 16.1 Å². The highest BCUT2D eigenvalue weighted by atomic mass is 16.5. The summed E-state index contributed by atoms with van der Waals surface area (Å²) in [5.74, 6) is 0. The van der Waals surface area contributed by atoms with Crippen LogP contribution in [-0.4, -0.2) is 19.8 Å². The van der Waals surface area contributed by atoms with Gasteiger partial charge in [-0.15, -0.1) is 0 Å². The molecule has 1 aromatic rings. The standard InChI is InChI=1S/C17H28O2/c1-4-18-15-17(2,3)12-8-9-13-19-14-16-10-6-5-7-11-16/h5-7,10-11H,4,8-9,12-15H2,1-3H3. The van der Waals surface area contributed by atoms with Crippen molar-refractivity contribution in [2.24, 2.45) is 5.41 Å². The topological polar surface area (TPSA) is 18.5 Å². The summed E-state index contributed by atoms with van der Waals surface area (Å²) < 4.78 is 11.2. The molecule has 0 aromatic heterocycles. The summed E-state index contributed by atoms with van der Waals surface area (Å²) in [4.78, 5) is 0. The molecule has 0 saturated carbocycles. The average molecular weight is 264 g/mol. The van der Waals surface area contributed by atoms with Gasteiger partial charge in [-0.05, 0) is 30.7 Å². The van der Waals surface area contributed by atoms with E-state index in [0.29, 0.717) is 0 Å². The molecule has 0 fully saturated rings. The lowest BCUT2D eigenvalue weighted by Gasteiger charge is -2.24. The van der Waals surface area contributed by atoms with E-state index < -0.39 is 0 Å². The van der Waals surface area contributed by atoms with Crippen LogP contribution in [0.2, 0.25) is 0 Å². The average Bonchev–Trinajstić information content (AvgIpc) is 2.42. The van der Waals surface area contributed by atoms with Gasteiger partial charge < -0.3 is 9.47 Å². The van der Waals surface area contributed by atoms with Crippen molar-refractivity contribution in [1.82, 2.24) is 0 Å². The first kappa shape index (κ1) is 16.2. The Morgan fingerprint density at radius 2 is 1.74 bits per heavy atom. The van der Waals surface area contributed by atoms with Crippen molar-refractivity contribution in [2.45, 2.75) is 46.6 Å². The van der Waals surface area contributed by atoms with Crippen molar-refractivity contribution in [1.29, 1.82) is 0 Å². The second-order valence-corrected chi connectivity index (χ2v) is 5.80. The lowest BCUT2D eigenvalue weighted by Crippen LogP contribution is -2.19. The maximum Gasteiger partial charge on any atom is 0.0716 e. The Balaban J connectivity index is 2.02. The SMILES string of the molecule is CCOCC(C)(C)CCCCOCc1ccccc1. The van der Waals surface area contributed by atoms with Crippen molar-refractivity contribution in [3.63, 3.8) is 0 Å². The first-order valence-electron chi connectivity index (χ1n) is 7.33. The fourth-order valence-corrected chi connectivity index (χ4v) is 2.02. The van der Waals surface area contributed by atoms with Gasteiger partial charge in [0.1, 0.15) is 0 Å². The third kappa shape index (κ3) is 8.02. The third-order valence-electron chi connectivity index (χ3n) is 3.20. The Kier molecular flexibility index (Phi) is 7.76. The van der Waals surface area contributed by atoms with Gasteiger partial charge >= 0.3 is 0 Å². The molecular formula is C17H28O2. The molecule has 0 radical (unpaired) electrons. The Morgan fingerprint density at radius 1 is 1.00 bits per heavy atom. The fraction of sp³-hybridized carbons (Fsp3) is 0.647. The summed E-state index contributed by atoms with van der Waals surface area (Å²) in [6.45, 7) is 9.83. The zero-order valence-electron chi connectivity index (χ0n) is 12.7. The van der Waals surface area contributed by atoms with Crippen LogP contribution in [0.15, 0.2) is 30.3 Å². The van der Waals surface area contributed by atoms with E-state index in [9.17, 15) is 0 Å². The number of hydrogen-bond donors (Lipinski definition) is 0. The minimum atomic E-state index is 0.287. The van der Waals surface area contributed by atoms with Crippen molar-refractivity contribution in [3.8, 4) is 0 Å². The molecule has 0 unspecified atom stereocenters. The molecule has 0 spiro atoms. The number of unbranched alkanes of at least 4 members (excludes halogenated alkanes) is 1. The Labute approximate surface area is 118 Å². The van der Waals surface area contributed by atoms with Gasteiger partial charge in [0.25, 0.3) is 0 Å². The molecule has 0 aliphatic heterocycles. The van der Waals surface area contributed by atoms with Gasteiger partial charge in [-0.25, -0.2) is 0 Å². The number of ether oxygens (including phenoxy) is 2. The molecule has 0 saturated heterocycles. The number of hydrogen-bond acceptors (Lipinski definition) is 2. The summed E-state index contributed by atoms with van der Waals surface area (Å²) >= 11 is 0. The zero-order valence-corrected chi connectivity index (χ0v) is 12.7. The van der Waals surface area contributed by atoms with Crippen molar-refractivity contribution in [3.05, 3.63) is 35.9 Å². The van der Waals surface area contributed by atoms with E-state index in [1.807, 2.05) is 13.0 Å². The van der Waals surface area contributed by atoms with Crippen LogP contribution in [0.3, 0.4) is 0 Å². The molecule has 0 amide bonds. The zero-order chi connectivity index (χ0) is 14.0. The minimum absolute atomic E-state index is 0.287. The van der Waals surface area contributed by atoms with Gasteiger partial charge in [-0.3, -0.25) is 0 Å². The van der Waals surface area contributed by atoms with Gasteiger partial charge in [0.2, 0.25) is 0 Å². The Hall–Kier alpha value is -0.860. The molecule has 0 atom stereocenters. The Bertz CT molecular complexity index is 319. The summed E-state index contributed by atoms with van der Waals surface area (Å²) in [6.07, 6.45) is 3.53. The minimum Gasteiger partial charge on any atom is -0.381 e. The van der Waals surface area contributed by atoms with E-state index >= 15 is 0 Å². The van der Waals surface area contributed by atoms with Crippen LogP contribution in [0.5, 0.6) is 0 Å². The molecule has 108 valence electrons. The highest BCUT2D eigenvalue weighted by molar-refractivity contribution is 5.13. The maximum absolute atomic E-state index is 5.68. The van der Waals surface area contributed by atoms with Crippen LogP contribution in [0.4, 0.5) is 0 Å². The summed E-state index contributed by atoms with van der Waals surface area (Å²) in [6, 6.07) is 10.3. The van der Waals surface area contributed by atoms with E-state index in [0.717, 1.165) is 32.8 Å². The lowest BCUT2D eigenvalue weighted by atomic mass is 9.88. The van der Waals surface area contributed by atoms with E-state index in [4.69, 9.17) is 9.47 Å². The number of benzene rings is 1. The first-order chi connectivity index (χ1) is 9.14. The van der Waals surface area contributed by atoms with Gasteiger partial charge in [0.15, 0.2) is 0 Å². The normalized spacial score (nSPS) is 11.7. The maximum atomic E-state index is 5.68. The summed E-state index contributed by atoms with van der Waals surface area (Å²) in [5.41, 5.74) is 1.54. The smallest absolute Gasteiger partial charge is 0.0716 e.